The van der Waals surface area contributed by atoms with E-state index in [1.54, 1.807) is 12.1 Å². The summed E-state index contributed by atoms with van der Waals surface area (Å²) in [6, 6.07) is 3.83. The zero-order valence-electron chi connectivity index (χ0n) is 8.99. The summed E-state index contributed by atoms with van der Waals surface area (Å²) in [5.41, 5.74) is 2.20. The van der Waals surface area contributed by atoms with E-state index in [-0.39, 0.29) is 11.8 Å². The van der Waals surface area contributed by atoms with Gasteiger partial charge in [0.05, 0.1) is 0 Å². The molecule has 1 N–H and O–H groups in total. The third-order valence-electron chi connectivity index (χ3n) is 2.73. The number of pyridine rings is 1. The number of carbonyl (C=O) groups is 1. The van der Waals surface area contributed by atoms with Gasteiger partial charge in [0.25, 0.3) is 0 Å². The second-order valence-electron chi connectivity index (χ2n) is 3.89. The highest BCUT2D eigenvalue weighted by molar-refractivity contribution is 5.82. The molecule has 0 aromatic carbocycles. The van der Waals surface area contributed by atoms with Crippen molar-refractivity contribution < 1.29 is 9.59 Å². The number of piperidine rings is 1. The molecule has 1 aromatic heterocycles. The lowest BCUT2D eigenvalue weighted by molar-refractivity contribution is -0.121. The Labute approximate surface area is 93.4 Å². The maximum atomic E-state index is 11.1. The van der Waals surface area contributed by atoms with Crippen molar-refractivity contribution in [2.75, 3.05) is 0 Å². The molecular formula is C12H12N2O2. The van der Waals surface area contributed by atoms with Crippen molar-refractivity contribution in [3.05, 3.63) is 35.3 Å². The molecule has 1 amide bonds. The van der Waals surface area contributed by atoms with Crippen molar-refractivity contribution in [2.24, 2.45) is 0 Å². The lowest BCUT2D eigenvalue weighted by Crippen LogP contribution is -2.32. The first-order valence-corrected chi connectivity index (χ1v) is 5.18. The van der Waals surface area contributed by atoms with E-state index in [0.717, 1.165) is 11.3 Å². The SMILES string of the molecule is Cc1ccc(C2CCC(=O)NC2=C=O)cn1. The van der Waals surface area contributed by atoms with E-state index < -0.39 is 0 Å². The van der Waals surface area contributed by atoms with Gasteiger partial charge in [-0.3, -0.25) is 9.78 Å². The van der Waals surface area contributed by atoms with Crippen molar-refractivity contribution >= 4 is 11.8 Å². The predicted octanol–water partition coefficient (Wildman–Crippen LogP) is 1.10. The van der Waals surface area contributed by atoms with E-state index in [2.05, 4.69) is 10.3 Å². The first-order valence-electron chi connectivity index (χ1n) is 5.18. The first kappa shape index (κ1) is 10.6. The summed E-state index contributed by atoms with van der Waals surface area (Å²) < 4.78 is 0. The minimum absolute atomic E-state index is 0.0803. The molecule has 1 unspecified atom stereocenters. The van der Waals surface area contributed by atoms with Crippen molar-refractivity contribution in [3.63, 3.8) is 0 Å². The molecule has 1 aliphatic rings. The van der Waals surface area contributed by atoms with E-state index in [4.69, 9.17) is 0 Å². The van der Waals surface area contributed by atoms with Gasteiger partial charge in [-0.15, -0.1) is 0 Å². The normalized spacial score (nSPS) is 20.2. The van der Waals surface area contributed by atoms with E-state index in [1.165, 1.54) is 0 Å². The summed E-state index contributed by atoms with van der Waals surface area (Å²) in [6.45, 7) is 1.91. The minimum Gasteiger partial charge on any atom is -0.320 e. The number of amides is 1. The summed E-state index contributed by atoms with van der Waals surface area (Å²) in [5.74, 6) is 1.61. The van der Waals surface area contributed by atoms with Crippen LogP contribution in [0.3, 0.4) is 0 Å². The smallest absolute Gasteiger partial charge is 0.224 e. The van der Waals surface area contributed by atoms with Gasteiger partial charge < -0.3 is 5.32 Å². The van der Waals surface area contributed by atoms with Crippen LogP contribution in [0, 0.1) is 6.92 Å². The number of aromatic nitrogens is 1. The highest BCUT2D eigenvalue weighted by Crippen LogP contribution is 2.28. The van der Waals surface area contributed by atoms with Gasteiger partial charge in [0.15, 0.2) is 0 Å². The number of rotatable bonds is 1. The van der Waals surface area contributed by atoms with Crippen LogP contribution < -0.4 is 5.32 Å². The molecule has 4 nitrogen and oxygen atoms in total. The van der Waals surface area contributed by atoms with Gasteiger partial charge in [-0.25, -0.2) is 4.79 Å². The Bertz CT molecular complexity index is 458. The number of aryl methyl sites for hydroxylation is 1. The van der Waals surface area contributed by atoms with Gasteiger partial charge in [0.2, 0.25) is 5.91 Å². The van der Waals surface area contributed by atoms with Crippen molar-refractivity contribution in [1.82, 2.24) is 10.3 Å². The number of nitrogens with zero attached hydrogens (tertiary/aromatic N) is 1. The molecule has 0 spiro atoms. The standard InChI is InChI=1S/C12H12N2O2/c1-8-2-3-9(6-13-8)10-4-5-12(16)14-11(10)7-15/h2-3,6,10H,4-5H2,1H3,(H,14,16). The Kier molecular flexibility index (Phi) is 2.84. The fourth-order valence-corrected chi connectivity index (χ4v) is 1.83. The third-order valence-corrected chi connectivity index (χ3v) is 2.73. The van der Waals surface area contributed by atoms with Gasteiger partial charge in [0.1, 0.15) is 11.6 Å². The maximum Gasteiger partial charge on any atom is 0.224 e. The van der Waals surface area contributed by atoms with Crippen LogP contribution in [0.1, 0.15) is 30.0 Å². The molecule has 2 rings (SSSR count). The van der Waals surface area contributed by atoms with Crippen LogP contribution >= 0.6 is 0 Å². The van der Waals surface area contributed by atoms with Crippen LogP contribution in [0.4, 0.5) is 0 Å². The van der Waals surface area contributed by atoms with Gasteiger partial charge in [0, 0.05) is 24.2 Å². The molecular weight excluding hydrogens is 204 g/mol. The number of carbonyl (C=O) groups excluding carboxylic acids is 2. The molecule has 0 saturated carbocycles. The molecule has 0 radical (unpaired) electrons. The molecule has 82 valence electrons. The fraction of sp³-hybridized carbons (Fsp3) is 0.333. The van der Waals surface area contributed by atoms with Gasteiger partial charge in [-0.1, -0.05) is 6.07 Å². The summed E-state index contributed by atoms with van der Waals surface area (Å²) >= 11 is 0. The van der Waals surface area contributed by atoms with Crippen LogP contribution in [-0.2, 0) is 9.59 Å². The van der Waals surface area contributed by atoms with Crippen LogP contribution in [0.5, 0.6) is 0 Å². The number of hydrogen-bond acceptors (Lipinski definition) is 3. The fourth-order valence-electron chi connectivity index (χ4n) is 1.83. The zero-order valence-corrected chi connectivity index (χ0v) is 8.99. The van der Waals surface area contributed by atoms with Crippen molar-refractivity contribution in [1.29, 1.82) is 0 Å². The first-order chi connectivity index (χ1) is 7.70. The van der Waals surface area contributed by atoms with Crippen LogP contribution in [0.15, 0.2) is 24.0 Å². The minimum atomic E-state index is -0.116. The summed E-state index contributed by atoms with van der Waals surface area (Å²) in [4.78, 5) is 26.1. The lowest BCUT2D eigenvalue weighted by Gasteiger charge is -2.23. The summed E-state index contributed by atoms with van der Waals surface area (Å²) in [5, 5.41) is 2.56. The number of hydrogen-bond donors (Lipinski definition) is 1. The van der Waals surface area contributed by atoms with Crippen LogP contribution in [0.2, 0.25) is 0 Å². The summed E-state index contributed by atoms with van der Waals surface area (Å²) in [6.07, 6.45) is 2.82. The average molecular weight is 216 g/mol. The summed E-state index contributed by atoms with van der Waals surface area (Å²) in [7, 11) is 0. The lowest BCUT2D eigenvalue weighted by atomic mass is 9.89. The van der Waals surface area contributed by atoms with Crippen LogP contribution in [0.25, 0.3) is 0 Å². The molecule has 16 heavy (non-hydrogen) atoms. The molecule has 1 aromatic rings. The van der Waals surface area contributed by atoms with E-state index in [1.807, 2.05) is 19.1 Å². The van der Waals surface area contributed by atoms with Gasteiger partial charge in [-0.2, -0.15) is 0 Å². The Balaban J connectivity index is 2.29. The number of allylic oxidation sites excluding steroid dienone is 1. The quantitative estimate of drug-likeness (QED) is 0.715. The molecule has 1 aliphatic heterocycles. The highest BCUT2D eigenvalue weighted by atomic mass is 16.2. The largest absolute Gasteiger partial charge is 0.320 e. The van der Waals surface area contributed by atoms with Crippen molar-refractivity contribution in [2.45, 2.75) is 25.7 Å². The second-order valence-corrected chi connectivity index (χ2v) is 3.89. The molecule has 2 heterocycles. The predicted molar refractivity (Wildman–Crippen MR) is 58.3 cm³/mol. The van der Waals surface area contributed by atoms with E-state index in [0.29, 0.717) is 18.5 Å². The molecule has 1 atom stereocenters. The Hall–Kier alpha value is -1.93. The van der Waals surface area contributed by atoms with Gasteiger partial charge >= 0.3 is 0 Å². The molecule has 1 fully saturated rings. The molecule has 0 bridgehead atoms. The second kappa shape index (κ2) is 4.29. The maximum absolute atomic E-state index is 11.1. The highest BCUT2D eigenvalue weighted by Gasteiger charge is 2.25. The monoisotopic (exact) mass is 216 g/mol. The molecule has 0 aliphatic carbocycles. The Morgan fingerprint density at radius 3 is 2.94 bits per heavy atom. The van der Waals surface area contributed by atoms with Crippen LogP contribution in [-0.4, -0.2) is 16.8 Å². The van der Waals surface area contributed by atoms with Gasteiger partial charge in [-0.05, 0) is 25.0 Å². The van der Waals surface area contributed by atoms with Crippen molar-refractivity contribution in [3.8, 4) is 0 Å². The Morgan fingerprint density at radius 2 is 2.31 bits per heavy atom. The van der Waals surface area contributed by atoms with E-state index >= 15 is 0 Å². The molecule has 1 saturated heterocycles. The number of nitrogens with one attached hydrogen (secondary N) is 1. The molecule has 4 heteroatoms. The Morgan fingerprint density at radius 1 is 1.50 bits per heavy atom. The van der Waals surface area contributed by atoms with E-state index in [9.17, 15) is 9.59 Å². The average Bonchev–Trinajstić information content (AvgIpc) is 2.30. The topological polar surface area (TPSA) is 59.1 Å². The third kappa shape index (κ3) is 2.02. The zero-order chi connectivity index (χ0) is 11.5.